The third kappa shape index (κ3) is 6.44. The average Bonchev–Trinajstić information content (AvgIpc) is 2.82. The molecule has 3 aromatic rings. The normalized spacial score (nSPS) is 11.1. The van der Waals surface area contributed by atoms with Gasteiger partial charge in [-0.25, -0.2) is 18.7 Å². The molecule has 0 bridgehead atoms. The van der Waals surface area contributed by atoms with Crippen LogP contribution in [0.15, 0.2) is 48.8 Å². The van der Waals surface area contributed by atoms with E-state index in [1.54, 1.807) is 24.3 Å². The molecule has 0 amide bonds. The van der Waals surface area contributed by atoms with E-state index in [9.17, 15) is 8.78 Å². The molecule has 0 saturated carbocycles. The van der Waals surface area contributed by atoms with Crippen LogP contribution in [0.2, 0.25) is 0 Å². The van der Waals surface area contributed by atoms with Crippen LogP contribution in [0, 0.1) is 11.6 Å². The van der Waals surface area contributed by atoms with E-state index >= 15 is 0 Å². The number of hydrogen-bond acceptors (Lipinski definition) is 2. The smallest absolute Gasteiger partial charge is 0.166 e. The molecule has 0 radical (unpaired) electrons. The van der Waals surface area contributed by atoms with E-state index in [-0.39, 0.29) is 5.56 Å². The number of unbranched alkanes of at least 4 members (excludes halogenated alkanes) is 6. The quantitative estimate of drug-likeness (QED) is 0.267. The summed E-state index contributed by atoms with van der Waals surface area (Å²) in [6.45, 7) is 4.32. The second-order valence-electron chi connectivity index (χ2n) is 8.51. The fourth-order valence-electron chi connectivity index (χ4n) is 3.94. The lowest BCUT2D eigenvalue weighted by molar-refractivity contribution is 0.498. The molecular weight excluding hydrogens is 402 g/mol. The predicted molar refractivity (Wildman–Crippen MR) is 129 cm³/mol. The Morgan fingerprint density at radius 1 is 0.625 bits per heavy atom. The fraction of sp³-hybridized carbons (Fsp3) is 0.429. The Hall–Kier alpha value is -2.62. The Morgan fingerprint density at radius 2 is 1.22 bits per heavy atom. The molecule has 0 fully saturated rings. The monoisotopic (exact) mass is 436 g/mol. The van der Waals surface area contributed by atoms with Gasteiger partial charge in [0.25, 0.3) is 0 Å². The molecule has 32 heavy (non-hydrogen) atoms. The van der Waals surface area contributed by atoms with Crippen molar-refractivity contribution in [2.24, 2.45) is 0 Å². The van der Waals surface area contributed by atoms with Gasteiger partial charge in [0.1, 0.15) is 0 Å². The van der Waals surface area contributed by atoms with Gasteiger partial charge in [-0.15, -0.1) is 0 Å². The molecule has 0 atom stereocenters. The first-order chi connectivity index (χ1) is 15.6. The number of aromatic nitrogens is 2. The van der Waals surface area contributed by atoms with Gasteiger partial charge in [0.15, 0.2) is 17.5 Å². The SMILES string of the molecule is CCCCCCCc1cnc(-c2ccc(-c3ccc(CCCCC)c(F)c3F)cc2)nc1. The summed E-state index contributed by atoms with van der Waals surface area (Å²) >= 11 is 0. The van der Waals surface area contributed by atoms with Crippen LogP contribution in [-0.4, -0.2) is 9.97 Å². The van der Waals surface area contributed by atoms with Crippen molar-refractivity contribution in [3.63, 3.8) is 0 Å². The lowest BCUT2D eigenvalue weighted by atomic mass is 9.99. The van der Waals surface area contributed by atoms with Crippen molar-refractivity contribution in [2.75, 3.05) is 0 Å². The van der Waals surface area contributed by atoms with Crippen LogP contribution in [0.5, 0.6) is 0 Å². The second kappa shape index (κ2) is 12.4. The van der Waals surface area contributed by atoms with Crippen molar-refractivity contribution in [1.82, 2.24) is 9.97 Å². The summed E-state index contributed by atoms with van der Waals surface area (Å²) in [5.74, 6) is -0.855. The van der Waals surface area contributed by atoms with E-state index in [1.807, 2.05) is 24.5 Å². The fourth-order valence-corrected chi connectivity index (χ4v) is 3.94. The maximum absolute atomic E-state index is 14.7. The van der Waals surface area contributed by atoms with Gasteiger partial charge in [-0.1, -0.05) is 88.8 Å². The van der Waals surface area contributed by atoms with Gasteiger partial charge in [-0.05, 0) is 42.4 Å². The molecule has 3 rings (SSSR count). The Labute approximate surface area is 191 Å². The zero-order valence-electron chi connectivity index (χ0n) is 19.3. The van der Waals surface area contributed by atoms with E-state index in [0.717, 1.165) is 43.2 Å². The van der Waals surface area contributed by atoms with Gasteiger partial charge < -0.3 is 0 Å². The minimum absolute atomic E-state index is 0.285. The first-order valence-electron chi connectivity index (χ1n) is 12.0. The van der Waals surface area contributed by atoms with E-state index in [4.69, 9.17) is 0 Å². The lowest BCUT2D eigenvalue weighted by Gasteiger charge is -2.10. The molecule has 0 aliphatic rings. The topological polar surface area (TPSA) is 25.8 Å². The molecule has 0 aliphatic heterocycles. The molecule has 0 spiro atoms. The minimum atomic E-state index is -0.772. The third-order valence-corrected chi connectivity index (χ3v) is 5.94. The van der Waals surface area contributed by atoms with Crippen LogP contribution < -0.4 is 0 Å². The van der Waals surface area contributed by atoms with E-state index < -0.39 is 11.6 Å². The molecule has 2 nitrogen and oxygen atoms in total. The van der Waals surface area contributed by atoms with Gasteiger partial charge in [0.05, 0.1) is 0 Å². The largest absolute Gasteiger partial charge is 0.236 e. The van der Waals surface area contributed by atoms with Crippen molar-refractivity contribution in [2.45, 2.75) is 78.1 Å². The van der Waals surface area contributed by atoms with Crippen LogP contribution in [0.3, 0.4) is 0 Å². The molecule has 0 unspecified atom stereocenters. The van der Waals surface area contributed by atoms with Gasteiger partial charge in [0, 0.05) is 23.5 Å². The number of nitrogens with zero attached hydrogens (tertiary/aromatic N) is 2. The Bertz CT molecular complexity index is 966. The van der Waals surface area contributed by atoms with Crippen molar-refractivity contribution in [3.05, 3.63) is 71.6 Å². The summed E-state index contributed by atoms with van der Waals surface area (Å²) in [4.78, 5) is 9.00. The maximum Gasteiger partial charge on any atom is 0.166 e. The highest BCUT2D eigenvalue weighted by molar-refractivity contribution is 5.68. The molecule has 0 saturated heterocycles. The van der Waals surface area contributed by atoms with Gasteiger partial charge in [-0.2, -0.15) is 0 Å². The maximum atomic E-state index is 14.7. The minimum Gasteiger partial charge on any atom is -0.236 e. The highest BCUT2D eigenvalue weighted by Crippen LogP contribution is 2.29. The van der Waals surface area contributed by atoms with Crippen molar-refractivity contribution < 1.29 is 8.78 Å². The van der Waals surface area contributed by atoms with Crippen LogP contribution in [0.1, 0.15) is 76.3 Å². The summed E-state index contributed by atoms with van der Waals surface area (Å²) in [5.41, 5.74) is 3.40. The molecule has 1 aromatic heterocycles. The van der Waals surface area contributed by atoms with Crippen LogP contribution in [0.4, 0.5) is 8.78 Å². The van der Waals surface area contributed by atoms with Crippen molar-refractivity contribution in [1.29, 1.82) is 0 Å². The first kappa shape index (κ1) is 24.0. The molecular formula is C28H34F2N2. The Kier molecular flexibility index (Phi) is 9.33. The summed E-state index contributed by atoms with van der Waals surface area (Å²) in [6.07, 6.45) is 14.5. The standard InChI is InChI=1S/C28H34F2N2/c1-3-5-7-8-10-11-21-19-31-28(32-20-21)24-15-13-22(14-16-24)25-18-17-23(12-9-6-4-2)26(29)27(25)30/h13-20H,3-12H2,1-2H3. The summed E-state index contributed by atoms with van der Waals surface area (Å²) in [7, 11) is 0. The molecule has 170 valence electrons. The number of benzene rings is 2. The third-order valence-electron chi connectivity index (χ3n) is 5.94. The summed E-state index contributed by atoms with van der Waals surface area (Å²) < 4.78 is 29.2. The zero-order chi connectivity index (χ0) is 22.8. The summed E-state index contributed by atoms with van der Waals surface area (Å²) in [5, 5.41) is 0. The zero-order valence-corrected chi connectivity index (χ0v) is 19.3. The van der Waals surface area contributed by atoms with Crippen molar-refractivity contribution in [3.8, 4) is 22.5 Å². The predicted octanol–water partition coefficient (Wildman–Crippen LogP) is 8.33. The first-order valence-corrected chi connectivity index (χ1v) is 12.0. The van der Waals surface area contributed by atoms with E-state index in [2.05, 4.69) is 23.8 Å². The van der Waals surface area contributed by atoms with Crippen LogP contribution in [0.25, 0.3) is 22.5 Å². The lowest BCUT2D eigenvalue weighted by Crippen LogP contribution is -1.98. The van der Waals surface area contributed by atoms with Crippen LogP contribution >= 0.6 is 0 Å². The number of rotatable bonds is 12. The highest BCUT2D eigenvalue weighted by Gasteiger charge is 2.15. The van der Waals surface area contributed by atoms with Gasteiger partial charge >= 0.3 is 0 Å². The summed E-state index contributed by atoms with van der Waals surface area (Å²) in [6, 6.07) is 10.7. The average molecular weight is 437 g/mol. The molecule has 4 heteroatoms. The van der Waals surface area contributed by atoms with Crippen molar-refractivity contribution >= 4 is 0 Å². The van der Waals surface area contributed by atoms with Gasteiger partial charge in [0.2, 0.25) is 0 Å². The van der Waals surface area contributed by atoms with E-state index in [0.29, 0.717) is 23.4 Å². The number of halogens is 2. The number of hydrogen-bond donors (Lipinski definition) is 0. The molecule has 2 aromatic carbocycles. The molecule has 1 heterocycles. The number of aryl methyl sites for hydroxylation is 2. The van der Waals surface area contributed by atoms with Crippen LogP contribution in [-0.2, 0) is 12.8 Å². The second-order valence-corrected chi connectivity index (χ2v) is 8.51. The molecule has 0 aliphatic carbocycles. The molecule has 0 N–H and O–H groups in total. The van der Waals surface area contributed by atoms with E-state index in [1.165, 1.54) is 25.7 Å². The Morgan fingerprint density at radius 3 is 1.91 bits per heavy atom. The Balaban J connectivity index is 1.65. The van der Waals surface area contributed by atoms with Gasteiger partial charge in [-0.3, -0.25) is 0 Å². The highest BCUT2D eigenvalue weighted by atomic mass is 19.2.